The lowest BCUT2D eigenvalue weighted by molar-refractivity contribution is 0.660. The highest BCUT2D eigenvalue weighted by molar-refractivity contribution is 6.04. The van der Waals surface area contributed by atoms with Gasteiger partial charge in [-0.3, -0.25) is 0 Å². The van der Waals surface area contributed by atoms with Gasteiger partial charge in [0.1, 0.15) is 0 Å². The van der Waals surface area contributed by atoms with Crippen molar-refractivity contribution in [1.82, 2.24) is 0 Å². The van der Waals surface area contributed by atoms with E-state index >= 15 is 0 Å². The quantitative estimate of drug-likeness (QED) is 0.571. The number of fused-ring (bicyclic) bond motifs is 5. The summed E-state index contributed by atoms with van der Waals surface area (Å²) in [6.07, 6.45) is 0. The number of rotatable bonds is 0. The molecule has 1 aliphatic rings. The van der Waals surface area contributed by atoms with Crippen LogP contribution in [0.3, 0.4) is 0 Å². The summed E-state index contributed by atoms with van der Waals surface area (Å²) >= 11 is 0. The lowest BCUT2D eigenvalue weighted by Crippen LogP contribution is -2.15. The minimum absolute atomic E-state index is 0.00877. The number of hydrogen-bond acceptors (Lipinski definition) is 1. The standard InChI is InChI=1S/C20H19N/c1-12-10-18-19(15-7-5-4-6-14(12)15)16-9-8-13(21)11-17(16)20(18,2)3/h4-11H,21H2,1-3H3. The fourth-order valence-electron chi connectivity index (χ4n) is 3.78. The van der Waals surface area contributed by atoms with Crippen molar-refractivity contribution in [2.75, 3.05) is 5.73 Å². The molecule has 2 N–H and O–H groups in total. The van der Waals surface area contributed by atoms with Gasteiger partial charge in [-0.05, 0) is 57.6 Å². The van der Waals surface area contributed by atoms with E-state index in [1.807, 2.05) is 6.07 Å². The molecule has 0 atom stereocenters. The molecule has 0 saturated heterocycles. The third-order valence-corrected chi connectivity index (χ3v) is 4.91. The van der Waals surface area contributed by atoms with Gasteiger partial charge in [-0.15, -0.1) is 0 Å². The van der Waals surface area contributed by atoms with Crippen molar-refractivity contribution in [2.24, 2.45) is 0 Å². The molecule has 0 heterocycles. The second-order valence-electron chi connectivity index (χ2n) is 6.59. The maximum atomic E-state index is 6.03. The van der Waals surface area contributed by atoms with Gasteiger partial charge >= 0.3 is 0 Å². The van der Waals surface area contributed by atoms with Gasteiger partial charge in [-0.2, -0.15) is 0 Å². The molecular formula is C20H19N. The van der Waals surface area contributed by atoms with Crippen LogP contribution < -0.4 is 5.73 Å². The Bertz CT molecular complexity index is 888. The molecule has 0 saturated carbocycles. The first-order chi connectivity index (χ1) is 10.00. The summed E-state index contributed by atoms with van der Waals surface area (Å²) in [5.74, 6) is 0. The number of anilines is 1. The Kier molecular flexibility index (Phi) is 2.30. The molecule has 1 heteroatoms. The van der Waals surface area contributed by atoms with Gasteiger partial charge < -0.3 is 5.73 Å². The van der Waals surface area contributed by atoms with E-state index in [1.165, 1.54) is 38.6 Å². The van der Waals surface area contributed by atoms with Gasteiger partial charge in [0.2, 0.25) is 0 Å². The molecule has 0 aliphatic heterocycles. The number of nitrogens with two attached hydrogens (primary N) is 1. The van der Waals surface area contributed by atoms with E-state index in [4.69, 9.17) is 5.73 Å². The fraction of sp³-hybridized carbons (Fsp3) is 0.200. The molecule has 3 aromatic rings. The van der Waals surface area contributed by atoms with Crippen molar-refractivity contribution in [3.63, 3.8) is 0 Å². The second kappa shape index (κ2) is 3.88. The van der Waals surface area contributed by atoms with Gasteiger partial charge in [0.05, 0.1) is 0 Å². The smallest absolute Gasteiger partial charge is 0.0317 e. The van der Waals surface area contributed by atoms with Crippen LogP contribution in [0.4, 0.5) is 5.69 Å². The van der Waals surface area contributed by atoms with E-state index in [1.54, 1.807) is 0 Å². The normalized spacial score (nSPS) is 15.0. The second-order valence-corrected chi connectivity index (χ2v) is 6.59. The van der Waals surface area contributed by atoms with Crippen LogP contribution in [0.25, 0.3) is 21.9 Å². The fourth-order valence-corrected chi connectivity index (χ4v) is 3.78. The first-order valence-corrected chi connectivity index (χ1v) is 7.43. The predicted octanol–water partition coefficient (Wildman–Crippen LogP) is 5.04. The van der Waals surface area contributed by atoms with Gasteiger partial charge in [0.25, 0.3) is 0 Å². The summed E-state index contributed by atoms with van der Waals surface area (Å²) in [5.41, 5.74) is 13.7. The maximum Gasteiger partial charge on any atom is 0.0317 e. The third-order valence-electron chi connectivity index (χ3n) is 4.91. The van der Waals surface area contributed by atoms with E-state index in [2.05, 4.69) is 63.2 Å². The Labute approximate surface area is 125 Å². The third kappa shape index (κ3) is 1.52. The topological polar surface area (TPSA) is 26.0 Å². The molecule has 4 rings (SSSR count). The Morgan fingerprint density at radius 2 is 1.57 bits per heavy atom. The SMILES string of the molecule is Cc1cc2c(c3ccccc13)-c1ccc(N)cc1C2(C)C. The molecule has 0 amide bonds. The summed E-state index contributed by atoms with van der Waals surface area (Å²) in [7, 11) is 0. The zero-order valence-electron chi connectivity index (χ0n) is 12.7. The average Bonchev–Trinajstić information content (AvgIpc) is 2.68. The first-order valence-electron chi connectivity index (χ1n) is 7.43. The number of nitrogen functional groups attached to an aromatic ring is 1. The summed E-state index contributed by atoms with van der Waals surface area (Å²) in [6, 6.07) is 17.4. The molecule has 0 fully saturated rings. The van der Waals surface area contributed by atoms with E-state index in [0.717, 1.165) is 5.69 Å². The van der Waals surface area contributed by atoms with E-state index in [0.29, 0.717) is 0 Å². The van der Waals surface area contributed by atoms with Crippen LogP contribution in [0.2, 0.25) is 0 Å². The van der Waals surface area contributed by atoms with Gasteiger partial charge in [0, 0.05) is 11.1 Å². The predicted molar refractivity (Wildman–Crippen MR) is 90.7 cm³/mol. The Morgan fingerprint density at radius 1 is 0.857 bits per heavy atom. The van der Waals surface area contributed by atoms with Crippen molar-refractivity contribution in [1.29, 1.82) is 0 Å². The molecule has 1 nitrogen and oxygen atoms in total. The van der Waals surface area contributed by atoms with Gasteiger partial charge in [-0.1, -0.05) is 50.2 Å². The summed E-state index contributed by atoms with van der Waals surface area (Å²) in [6.45, 7) is 6.80. The van der Waals surface area contributed by atoms with E-state index in [9.17, 15) is 0 Å². The highest BCUT2D eigenvalue weighted by Gasteiger charge is 2.36. The van der Waals surface area contributed by atoms with Crippen LogP contribution in [-0.2, 0) is 5.41 Å². The van der Waals surface area contributed by atoms with Gasteiger partial charge in [0.15, 0.2) is 0 Å². The van der Waals surface area contributed by atoms with Crippen molar-refractivity contribution >= 4 is 16.5 Å². The molecule has 3 aromatic carbocycles. The summed E-state index contributed by atoms with van der Waals surface area (Å²) in [5, 5.41) is 2.70. The summed E-state index contributed by atoms with van der Waals surface area (Å²) < 4.78 is 0. The molecule has 1 aliphatic carbocycles. The Morgan fingerprint density at radius 3 is 2.33 bits per heavy atom. The molecule has 0 unspecified atom stereocenters. The molecule has 0 bridgehead atoms. The first kappa shape index (κ1) is 12.5. The van der Waals surface area contributed by atoms with Crippen LogP contribution in [0.15, 0.2) is 48.5 Å². The van der Waals surface area contributed by atoms with E-state index < -0.39 is 0 Å². The minimum atomic E-state index is 0.00877. The lowest BCUT2D eigenvalue weighted by atomic mass is 9.81. The molecule has 21 heavy (non-hydrogen) atoms. The van der Waals surface area contributed by atoms with Gasteiger partial charge in [-0.25, -0.2) is 0 Å². The van der Waals surface area contributed by atoms with E-state index in [-0.39, 0.29) is 5.41 Å². The van der Waals surface area contributed by atoms with Crippen LogP contribution in [0.5, 0.6) is 0 Å². The molecule has 0 radical (unpaired) electrons. The minimum Gasteiger partial charge on any atom is -0.399 e. The molecule has 0 spiro atoms. The largest absolute Gasteiger partial charge is 0.399 e. The van der Waals surface area contributed by atoms with Crippen LogP contribution in [0, 0.1) is 6.92 Å². The highest BCUT2D eigenvalue weighted by atomic mass is 14.6. The average molecular weight is 273 g/mol. The van der Waals surface area contributed by atoms with Crippen molar-refractivity contribution in [3.05, 3.63) is 65.2 Å². The van der Waals surface area contributed by atoms with Crippen molar-refractivity contribution < 1.29 is 0 Å². The highest BCUT2D eigenvalue weighted by Crippen LogP contribution is 2.52. The van der Waals surface area contributed by atoms with Crippen LogP contribution >= 0.6 is 0 Å². The Balaban J connectivity index is 2.22. The van der Waals surface area contributed by atoms with Crippen LogP contribution in [0.1, 0.15) is 30.5 Å². The number of aryl methyl sites for hydroxylation is 1. The van der Waals surface area contributed by atoms with Crippen LogP contribution in [-0.4, -0.2) is 0 Å². The zero-order chi connectivity index (χ0) is 14.8. The number of benzene rings is 3. The molecule has 104 valence electrons. The molecule has 0 aromatic heterocycles. The summed E-state index contributed by atoms with van der Waals surface area (Å²) in [4.78, 5) is 0. The Hall–Kier alpha value is -2.28. The maximum absolute atomic E-state index is 6.03. The van der Waals surface area contributed by atoms with Crippen molar-refractivity contribution in [2.45, 2.75) is 26.2 Å². The molecular weight excluding hydrogens is 254 g/mol. The lowest BCUT2D eigenvalue weighted by Gasteiger charge is -2.22. The monoisotopic (exact) mass is 273 g/mol. The van der Waals surface area contributed by atoms with Crippen molar-refractivity contribution in [3.8, 4) is 11.1 Å². The zero-order valence-corrected chi connectivity index (χ0v) is 12.7. The number of hydrogen-bond donors (Lipinski definition) is 1.